The minimum absolute atomic E-state index is 0.0382. The van der Waals surface area contributed by atoms with Crippen molar-refractivity contribution in [1.29, 1.82) is 0 Å². The van der Waals surface area contributed by atoms with Crippen LogP contribution in [0.2, 0.25) is 0 Å². The van der Waals surface area contributed by atoms with Crippen LogP contribution in [0.25, 0.3) is 5.65 Å². The maximum absolute atomic E-state index is 13.6. The number of nitrogens with one attached hydrogen (secondary N) is 1. The molecule has 0 bridgehead atoms. The van der Waals surface area contributed by atoms with E-state index in [0.29, 0.717) is 19.4 Å². The van der Waals surface area contributed by atoms with Crippen LogP contribution in [0.3, 0.4) is 0 Å². The van der Waals surface area contributed by atoms with E-state index in [-0.39, 0.29) is 17.8 Å². The van der Waals surface area contributed by atoms with E-state index in [1.165, 1.54) is 12.1 Å². The quantitative estimate of drug-likeness (QED) is 0.665. The molecule has 1 atom stereocenters. The van der Waals surface area contributed by atoms with Crippen molar-refractivity contribution in [2.75, 3.05) is 20.6 Å². The molecule has 0 aliphatic carbocycles. The molecule has 0 aliphatic heterocycles. The highest BCUT2D eigenvalue weighted by Crippen LogP contribution is 2.19. The normalized spacial score (nSPS) is 12.5. The summed E-state index contributed by atoms with van der Waals surface area (Å²) in [5.74, 6) is -0.313. The smallest absolute Gasteiger partial charge is 0.220 e. The van der Waals surface area contributed by atoms with E-state index < -0.39 is 0 Å². The van der Waals surface area contributed by atoms with Gasteiger partial charge in [0.15, 0.2) is 5.65 Å². The Bertz CT molecular complexity index is 1030. The van der Waals surface area contributed by atoms with E-state index in [2.05, 4.69) is 15.4 Å². The van der Waals surface area contributed by atoms with Gasteiger partial charge < -0.3 is 10.2 Å². The summed E-state index contributed by atoms with van der Waals surface area (Å²) in [4.78, 5) is 19.1. The number of hydrogen-bond acceptors (Lipinski definition) is 4. The number of halogens is 1. The van der Waals surface area contributed by atoms with Crippen LogP contribution in [0.5, 0.6) is 0 Å². The molecular formula is C22H28FN5O. The number of likely N-dealkylation sites (N-methyl/N-ethyl adjacent to an activating group) is 1. The van der Waals surface area contributed by atoms with E-state index >= 15 is 0 Å². The summed E-state index contributed by atoms with van der Waals surface area (Å²) < 4.78 is 15.4. The third-order valence-corrected chi connectivity index (χ3v) is 5.24. The highest BCUT2D eigenvalue weighted by molar-refractivity contribution is 5.76. The first-order chi connectivity index (χ1) is 13.8. The van der Waals surface area contributed by atoms with E-state index in [0.717, 1.165) is 33.9 Å². The van der Waals surface area contributed by atoms with E-state index in [1.807, 2.05) is 56.4 Å². The molecule has 0 radical (unpaired) electrons. The summed E-state index contributed by atoms with van der Waals surface area (Å²) in [6, 6.07) is 8.35. The number of aryl methyl sites for hydroxylation is 3. The molecule has 1 N–H and O–H groups in total. The monoisotopic (exact) mass is 397 g/mol. The van der Waals surface area contributed by atoms with Gasteiger partial charge in [-0.15, -0.1) is 0 Å². The van der Waals surface area contributed by atoms with Gasteiger partial charge in [0.1, 0.15) is 5.82 Å². The molecule has 154 valence electrons. The number of nitrogens with zero attached hydrogens (tertiary/aromatic N) is 4. The molecule has 0 saturated heterocycles. The molecule has 3 aromatic rings. The largest absolute Gasteiger partial charge is 0.354 e. The van der Waals surface area contributed by atoms with Crippen molar-refractivity contribution in [3.63, 3.8) is 0 Å². The molecule has 7 heteroatoms. The third kappa shape index (κ3) is 4.79. The number of carbonyl (C=O) groups is 1. The topological polar surface area (TPSA) is 62.5 Å². The Kier molecular flexibility index (Phi) is 6.27. The van der Waals surface area contributed by atoms with Crippen LogP contribution in [-0.4, -0.2) is 46.0 Å². The van der Waals surface area contributed by atoms with Crippen molar-refractivity contribution in [3.8, 4) is 0 Å². The second-order valence-corrected chi connectivity index (χ2v) is 7.66. The summed E-state index contributed by atoms with van der Waals surface area (Å²) in [5.41, 5.74) is 5.57. The standard InChI is InChI=1S/C22H28FN5O/c1-14-11-21-25-15(2)19(16(3)28(21)26-14)9-10-22(29)24-13-20(27(4)5)17-7-6-8-18(23)12-17/h6-8,11-12,20H,9-10,13H2,1-5H3,(H,24,29)/t20-/m1/s1. The predicted octanol–water partition coefficient (Wildman–Crippen LogP) is 3.15. The lowest BCUT2D eigenvalue weighted by Gasteiger charge is -2.25. The van der Waals surface area contributed by atoms with Crippen molar-refractivity contribution in [1.82, 2.24) is 24.8 Å². The lowest BCUT2D eigenvalue weighted by molar-refractivity contribution is -0.121. The Labute approximate surface area is 170 Å². The van der Waals surface area contributed by atoms with Crippen molar-refractivity contribution >= 4 is 11.6 Å². The highest BCUT2D eigenvalue weighted by atomic mass is 19.1. The molecule has 2 aromatic heterocycles. The van der Waals surface area contributed by atoms with Gasteiger partial charge in [-0.1, -0.05) is 12.1 Å². The number of rotatable bonds is 7. The first-order valence-corrected chi connectivity index (χ1v) is 9.77. The molecule has 0 saturated carbocycles. The molecule has 29 heavy (non-hydrogen) atoms. The Morgan fingerprint density at radius 3 is 2.69 bits per heavy atom. The number of hydrogen-bond donors (Lipinski definition) is 1. The van der Waals surface area contributed by atoms with Crippen LogP contribution in [0.4, 0.5) is 4.39 Å². The Hall–Kier alpha value is -2.80. The number of amides is 1. The van der Waals surface area contributed by atoms with E-state index in [1.54, 1.807) is 6.07 Å². The van der Waals surface area contributed by atoms with Crippen LogP contribution in [0.1, 0.15) is 40.7 Å². The first kappa shape index (κ1) is 20.9. The molecular weight excluding hydrogens is 369 g/mol. The van der Waals surface area contributed by atoms with Crippen LogP contribution in [-0.2, 0) is 11.2 Å². The highest BCUT2D eigenvalue weighted by Gasteiger charge is 2.17. The molecule has 0 spiro atoms. The Balaban J connectivity index is 1.64. The molecule has 6 nitrogen and oxygen atoms in total. The van der Waals surface area contributed by atoms with Crippen molar-refractivity contribution in [3.05, 3.63) is 64.4 Å². The average molecular weight is 397 g/mol. The SMILES string of the molecule is Cc1cc2nc(C)c(CCC(=O)NC[C@H](c3cccc(F)c3)N(C)C)c(C)n2n1. The van der Waals surface area contributed by atoms with Gasteiger partial charge in [0.25, 0.3) is 0 Å². The molecule has 0 unspecified atom stereocenters. The summed E-state index contributed by atoms with van der Waals surface area (Å²) in [5, 5.41) is 7.47. The minimum Gasteiger partial charge on any atom is -0.354 e. The van der Waals surface area contributed by atoms with Gasteiger partial charge in [-0.05, 0) is 64.5 Å². The second kappa shape index (κ2) is 8.69. The number of fused-ring (bicyclic) bond motifs is 1. The molecule has 1 aromatic carbocycles. The Morgan fingerprint density at radius 2 is 2.00 bits per heavy atom. The molecule has 0 aliphatic rings. The van der Waals surface area contributed by atoms with Crippen molar-refractivity contribution < 1.29 is 9.18 Å². The van der Waals surface area contributed by atoms with Crippen LogP contribution < -0.4 is 5.32 Å². The fourth-order valence-electron chi connectivity index (χ4n) is 3.65. The van der Waals surface area contributed by atoms with Gasteiger partial charge in [-0.2, -0.15) is 5.10 Å². The minimum atomic E-state index is -0.275. The summed E-state index contributed by atoms with van der Waals surface area (Å²) >= 11 is 0. The van der Waals surface area contributed by atoms with Gasteiger partial charge in [-0.3, -0.25) is 4.79 Å². The zero-order valence-electron chi connectivity index (χ0n) is 17.7. The van der Waals surface area contributed by atoms with E-state index in [9.17, 15) is 9.18 Å². The fourth-order valence-corrected chi connectivity index (χ4v) is 3.65. The molecule has 0 fully saturated rings. The first-order valence-electron chi connectivity index (χ1n) is 9.77. The Morgan fingerprint density at radius 1 is 1.24 bits per heavy atom. The van der Waals surface area contributed by atoms with Crippen molar-refractivity contribution in [2.24, 2.45) is 0 Å². The van der Waals surface area contributed by atoms with Crippen LogP contribution in [0.15, 0.2) is 30.3 Å². The van der Waals surface area contributed by atoms with Gasteiger partial charge in [0.05, 0.1) is 11.7 Å². The zero-order chi connectivity index (χ0) is 21.1. The molecule has 1 amide bonds. The average Bonchev–Trinajstić information content (AvgIpc) is 3.02. The maximum atomic E-state index is 13.6. The van der Waals surface area contributed by atoms with Crippen LogP contribution >= 0.6 is 0 Å². The maximum Gasteiger partial charge on any atom is 0.220 e. The third-order valence-electron chi connectivity index (χ3n) is 5.24. The number of aromatic nitrogens is 3. The summed E-state index contributed by atoms with van der Waals surface area (Å²) in [7, 11) is 3.84. The lowest BCUT2D eigenvalue weighted by atomic mass is 10.0. The molecule has 3 rings (SSSR count). The van der Waals surface area contributed by atoms with Gasteiger partial charge in [0.2, 0.25) is 5.91 Å². The van der Waals surface area contributed by atoms with E-state index in [4.69, 9.17) is 0 Å². The fraction of sp³-hybridized carbons (Fsp3) is 0.409. The second-order valence-electron chi connectivity index (χ2n) is 7.66. The predicted molar refractivity (Wildman–Crippen MR) is 111 cm³/mol. The van der Waals surface area contributed by atoms with Gasteiger partial charge in [0, 0.05) is 30.4 Å². The summed E-state index contributed by atoms with van der Waals surface area (Å²) in [6.07, 6.45) is 0.955. The summed E-state index contributed by atoms with van der Waals surface area (Å²) in [6.45, 7) is 6.33. The van der Waals surface area contributed by atoms with Crippen LogP contribution in [0, 0.1) is 26.6 Å². The van der Waals surface area contributed by atoms with Crippen molar-refractivity contribution in [2.45, 2.75) is 39.7 Å². The lowest BCUT2D eigenvalue weighted by Crippen LogP contribution is -2.34. The molecule has 2 heterocycles. The number of carbonyl (C=O) groups excluding carboxylic acids is 1. The zero-order valence-corrected chi connectivity index (χ0v) is 17.7. The number of benzene rings is 1. The van der Waals surface area contributed by atoms with Gasteiger partial charge in [-0.25, -0.2) is 13.9 Å². The van der Waals surface area contributed by atoms with Gasteiger partial charge >= 0.3 is 0 Å².